The minimum absolute atomic E-state index is 0.0285. The molecule has 0 aliphatic carbocycles. The van der Waals surface area contributed by atoms with E-state index < -0.39 is 72.4 Å². The van der Waals surface area contributed by atoms with Crippen molar-refractivity contribution in [3.05, 3.63) is 35.9 Å². The van der Waals surface area contributed by atoms with Gasteiger partial charge >= 0.3 is 18.0 Å². The van der Waals surface area contributed by atoms with Crippen LogP contribution in [0.5, 0.6) is 0 Å². The Morgan fingerprint density at radius 2 is 1.79 bits per heavy atom. The molecule has 1 saturated heterocycles. The van der Waals surface area contributed by atoms with Crippen LogP contribution in [0.15, 0.2) is 30.3 Å². The SMILES string of the molecule is CN(CC(=O)N1CCC[C@H]1C(=O)O)C(=O)[C@H](CCC(CN)C(=O)OCc1ccccc1)NC(=O)CNC(=O)OC(C)(C)C. The first-order chi connectivity index (χ1) is 20.2. The zero-order valence-corrected chi connectivity index (χ0v) is 25.2. The molecule has 1 heterocycles. The van der Waals surface area contributed by atoms with Gasteiger partial charge in [-0.1, -0.05) is 30.3 Å². The Labute approximate surface area is 251 Å². The number of benzene rings is 1. The Hall–Kier alpha value is -4.20. The molecular weight excluding hydrogens is 562 g/mol. The fourth-order valence-electron chi connectivity index (χ4n) is 4.48. The van der Waals surface area contributed by atoms with Gasteiger partial charge in [0.2, 0.25) is 17.7 Å². The first-order valence-electron chi connectivity index (χ1n) is 14.2. The van der Waals surface area contributed by atoms with Crippen molar-refractivity contribution in [3.63, 3.8) is 0 Å². The summed E-state index contributed by atoms with van der Waals surface area (Å²) in [5, 5.41) is 14.3. The minimum Gasteiger partial charge on any atom is -0.480 e. The van der Waals surface area contributed by atoms with Gasteiger partial charge in [-0.3, -0.25) is 19.2 Å². The van der Waals surface area contributed by atoms with Gasteiger partial charge in [0, 0.05) is 20.1 Å². The highest BCUT2D eigenvalue weighted by Gasteiger charge is 2.35. The number of amides is 4. The summed E-state index contributed by atoms with van der Waals surface area (Å²) in [6.07, 6.45) is 0.0819. The minimum atomic E-state index is -1.18. The average Bonchev–Trinajstić information content (AvgIpc) is 3.45. The quantitative estimate of drug-likeness (QED) is 0.218. The third-order valence-electron chi connectivity index (χ3n) is 6.68. The highest BCUT2D eigenvalue weighted by Crippen LogP contribution is 2.18. The van der Waals surface area contributed by atoms with Gasteiger partial charge in [0.25, 0.3) is 0 Å². The van der Waals surface area contributed by atoms with Crippen LogP contribution in [0, 0.1) is 5.92 Å². The lowest BCUT2D eigenvalue weighted by molar-refractivity contribution is -0.151. The van der Waals surface area contributed by atoms with Crippen LogP contribution in [-0.4, -0.2) is 102 Å². The lowest BCUT2D eigenvalue weighted by atomic mass is 9.99. The van der Waals surface area contributed by atoms with Gasteiger partial charge in [-0.05, 0) is 52.0 Å². The number of hydrogen-bond donors (Lipinski definition) is 4. The van der Waals surface area contributed by atoms with Gasteiger partial charge in [0.05, 0.1) is 12.5 Å². The Morgan fingerprint density at radius 1 is 1.12 bits per heavy atom. The Kier molecular flexibility index (Phi) is 13.4. The Balaban J connectivity index is 2.07. The molecule has 43 heavy (non-hydrogen) atoms. The molecule has 238 valence electrons. The summed E-state index contributed by atoms with van der Waals surface area (Å²) in [5.41, 5.74) is 5.84. The van der Waals surface area contributed by atoms with E-state index in [9.17, 15) is 33.9 Å². The Morgan fingerprint density at radius 3 is 2.40 bits per heavy atom. The molecule has 1 aliphatic rings. The number of nitrogens with one attached hydrogen (secondary N) is 2. The second kappa shape index (κ2) is 16.4. The van der Waals surface area contributed by atoms with Crippen LogP contribution in [0.4, 0.5) is 4.79 Å². The highest BCUT2D eigenvalue weighted by atomic mass is 16.6. The van der Waals surface area contributed by atoms with Crippen LogP contribution in [0.1, 0.15) is 52.0 Å². The summed E-state index contributed by atoms with van der Waals surface area (Å²) in [5.74, 6) is -4.34. The second-order valence-corrected chi connectivity index (χ2v) is 11.4. The number of carboxylic acids is 1. The maximum absolute atomic E-state index is 13.4. The number of ether oxygens (including phenoxy) is 2. The molecule has 1 aromatic rings. The van der Waals surface area contributed by atoms with Crippen molar-refractivity contribution in [1.29, 1.82) is 0 Å². The number of likely N-dealkylation sites (tertiary alicyclic amines) is 1. The number of nitrogens with zero attached hydrogens (tertiary/aromatic N) is 2. The highest BCUT2D eigenvalue weighted by molar-refractivity contribution is 5.92. The molecular formula is C29H43N5O9. The standard InChI is InChI=1S/C29H43N5O9/c1-29(2,3)43-28(41)31-16-23(35)32-21(13-12-20(15-30)27(40)42-18-19-9-6-5-7-10-19)25(37)33(4)17-24(36)34-14-8-11-22(34)26(38)39/h5-7,9-10,20-22H,8,11-18,30H2,1-4H3,(H,31,41)(H,32,35)(H,38,39)/t20?,21-,22-/m0/s1. The van der Waals surface area contributed by atoms with E-state index in [1.807, 2.05) is 18.2 Å². The molecule has 0 spiro atoms. The monoisotopic (exact) mass is 605 g/mol. The third kappa shape index (κ3) is 11.9. The summed E-state index contributed by atoms with van der Waals surface area (Å²) in [6, 6.07) is 6.92. The number of alkyl carbamates (subject to hydrolysis) is 1. The fourth-order valence-corrected chi connectivity index (χ4v) is 4.48. The topological polar surface area (TPSA) is 198 Å². The number of carbonyl (C=O) groups is 6. The predicted molar refractivity (Wildman–Crippen MR) is 154 cm³/mol. The van der Waals surface area contributed by atoms with Gasteiger partial charge in [-0.15, -0.1) is 0 Å². The molecule has 0 bridgehead atoms. The molecule has 0 saturated carbocycles. The summed E-state index contributed by atoms with van der Waals surface area (Å²) in [4.78, 5) is 77.5. The molecule has 14 heteroatoms. The van der Waals surface area contributed by atoms with Crippen molar-refractivity contribution in [3.8, 4) is 0 Å². The van der Waals surface area contributed by atoms with Crippen LogP contribution in [0.25, 0.3) is 0 Å². The summed E-state index contributed by atoms with van der Waals surface area (Å²) >= 11 is 0. The number of nitrogens with two attached hydrogens (primary N) is 1. The number of likely N-dealkylation sites (N-methyl/N-ethyl adjacent to an activating group) is 1. The van der Waals surface area contributed by atoms with E-state index in [4.69, 9.17) is 15.2 Å². The van der Waals surface area contributed by atoms with Gasteiger partial charge in [0.15, 0.2) is 0 Å². The van der Waals surface area contributed by atoms with Crippen LogP contribution in [-0.2, 0) is 40.1 Å². The maximum atomic E-state index is 13.4. The summed E-state index contributed by atoms with van der Waals surface area (Å²) in [7, 11) is 1.36. The third-order valence-corrected chi connectivity index (χ3v) is 6.68. The molecule has 5 N–H and O–H groups in total. The van der Waals surface area contributed by atoms with Gasteiger partial charge in [-0.2, -0.15) is 0 Å². The zero-order valence-electron chi connectivity index (χ0n) is 25.2. The van der Waals surface area contributed by atoms with Crippen molar-refractivity contribution >= 4 is 35.8 Å². The largest absolute Gasteiger partial charge is 0.480 e. The Bertz CT molecular complexity index is 1140. The number of rotatable bonds is 14. The zero-order chi connectivity index (χ0) is 32.2. The van der Waals surface area contributed by atoms with Crippen molar-refractivity contribution in [2.24, 2.45) is 11.7 Å². The van der Waals surface area contributed by atoms with E-state index in [1.54, 1.807) is 32.9 Å². The first kappa shape index (κ1) is 35.0. The number of carboxylic acid groups (broad SMARTS) is 1. The van der Waals surface area contributed by atoms with E-state index in [2.05, 4.69) is 10.6 Å². The van der Waals surface area contributed by atoms with E-state index in [0.717, 1.165) is 10.5 Å². The van der Waals surface area contributed by atoms with E-state index >= 15 is 0 Å². The van der Waals surface area contributed by atoms with Crippen molar-refractivity contribution < 1.29 is 43.3 Å². The molecule has 3 atom stereocenters. The van der Waals surface area contributed by atoms with Crippen LogP contribution in [0.2, 0.25) is 0 Å². The van der Waals surface area contributed by atoms with Crippen molar-refractivity contribution in [1.82, 2.24) is 20.4 Å². The van der Waals surface area contributed by atoms with Crippen LogP contribution >= 0.6 is 0 Å². The second-order valence-electron chi connectivity index (χ2n) is 11.4. The van der Waals surface area contributed by atoms with Gasteiger partial charge < -0.3 is 40.7 Å². The lowest BCUT2D eigenvalue weighted by Gasteiger charge is -2.28. The molecule has 14 nitrogen and oxygen atoms in total. The summed E-state index contributed by atoms with van der Waals surface area (Å²) < 4.78 is 10.5. The fraction of sp³-hybridized carbons (Fsp3) is 0.586. The molecule has 1 fully saturated rings. The molecule has 0 aromatic heterocycles. The first-order valence-corrected chi connectivity index (χ1v) is 14.2. The van der Waals surface area contributed by atoms with E-state index in [-0.39, 0.29) is 32.5 Å². The van der Waals surface area contributed by atoms with Crippen molar-refractivity contribution in [2.75, 3.05) is 33.2 Å². The normalized spacial score (nSPS) is 16.0. The number of aliphatic carboxylic acids is 1. The van der Waals surface area contributed by atoms with E-state index in [0.29, 0.717) is 12.8 Å². The summed E-state index contributed by atoms with van der Waals surface area (Å²) in [6.45, 7) is 4.33. The lowest BCUT2D eigenvalue weighted by Crippen LogP contribution is -2.53. The van der Waals surface area contributed by atoms with Gasteiger partial charge in [0.1, 0.15) is 30.8 Å². The molecule has 1 unspecified atom stereocenters. The van der Waals surface area contributed by atoms with Crippen LogP contribution < -0.4 is 16.4 Å². The molecule has 0 radical (unpaired) electrons. The smallest absolute Gasteiger partial charge is 0.408 e. The van der Waals surface area contributed by atoms with Crippen LogP contribution in [0.3, 0.4) is 0 Å². The number of carbonyl (C=O) groups excluding carboxylic acids is 5. The predicted octanol–water partition coefficient (Wildman–Crippen LogP) is 0.628. The maximum Gasteiger partial charge on any atom is 0.408 e. The number of hydrogen-bond acceptors (Lipinski definition) is 9. The van der Waals surface area contributed by atoms with Gasteiger partial charge in [-0.25, -0.2) is 9.59 Å². The number of esters is 1. The van der Waals surface area contributed by atoms with Crippen molar-refractivity contribution in [2.45, 2.75) is 70.7 Å². The molecule has 4 amide bonds. The average molecular weight is 606 g/mol. The molecule has 1 aromatic carbocycles. The molecule has 1 aliphatic heterocycles. The van der Waals surface area contributed by atoms with E-state index in [1.165, 1.54) is 11.9 Å². The molecule has 2 rings (SSSR count).